The van der Waals surface area contributed by atoms with E-state index in [0.29, 0.717) is 78.4 Å². The number of nitrogens with zero attached hydrogens (tertiary/aromatic N) is 9. The van der Waals surface area contributed by atoms with E-state index >= 15 is 0 Å². The lowest BCUT2D eigenvalue weighted by atomic mass is 9.85. The van der Waals surface area contributed by atoms with E-state index in [0.717, 1.165) is 96.9 Å². The minimum atomic E-state index is 0.0943. The van der Waals surface area contributed by atoms with Crippen molar-refractivity contribution < 1.29 is 24.0 Å². The summed E-state index contributed by atoms with van der Waals surface area (Å²) in [4.78, 5) is 77.2. The second kappa shape index (κ2) is 26.9. The van der Waals surface area contributed by atoms with E-state index in [1.54, 1.807) is 0 Å². The van der Waals surface area contributed by atoms with Gasteiger partial charge in [-0.1, -0.05) is 46.7 Å². The quantitative estimate of drug-likeness (QED) is 0.209. The molecule has 0 spiro atoms. The number of amides is 5. The van der Waals surface area contributed by atoms with E-state index in [1.165, 1.54) is 62.6 Å². The Labute approximate surface area is 436 Å². The molecule has 0 aromatic heterocycles. The van der Waals surface area contributed by atoms with Gasteiger partial charge < -0.3 is 24.5 Å². The van der Waals surface area contributed by atoms with Gasteiger partial charge in [0.15, 0.2) is 0 Å². The van der Waals surface area contributed by atoms with Gasteiger partial charge in [0.05, 0.1) is 18.1 Å². The van der Waals surface area contributed by atoms with Gasteiger partial charge in [0.1, 0.15) is 0 Å². The molecule has 14 nitrogen and oxygen atoms in total. The largest absolute Gasteiger partial charge is 0.339 e. The number of hydrogen-bond donors (Lipinski definition) is 0. The zero-order valence-corrected chi connectivity index (χ0v) is 46.5. The molecule has 9 saturated heterocycles. The summed E-state index contributed by atoms with van der Waals surface area (Å²) in [5.41, 5.74) is 0. The van der Waals surface area contributed by atoms with Crippen molar-refractivity contribution in [1.82, 2.24) is 44.1 Å². The first-order valence-electron chi connectivity index (χ1n) is 27.9. The SMILES string of the molecule is C=CC(=O)N1CC2C1CCCN2C(C)C.C=CC(=O)N1CC2C1CCN2C(C)C.C=CC(=O)N1CCC2C1CN2C(C)C.C=CC(=O)N1CCCC(CC(C)C)C1.C=CC(=O)N1CCCC2C1CN2C(C)C. The van der Waals surface area contributed by atoms with E-state index in [4.69, 9.17) is 0 Å². The van der Waals surface area contributed by atoms with E-state index < -0.39 is 0 Å². The minimum absolute atomic E-state index is 0.0943. The third kappa shape index (κ3) is 13.8. The standard InChI is InChI=1S/2C12H20N2O.C12H21NO.2C11H18N2O/c1-4-12(15)13-7-5-6-10-11(13)8-14(10)9(2)3;1-4-12(15)14-8-11-10(14)6-5-7-13(11)9(2)3;1-4-12(14)13-7-5-6-11(9-13)8-10(2)3;1-4-11(14)12-6-5-9-10(12)7-13(9)8(2)3;1-4-11(14)13-7-10-9(13)5-6-12(10)8(2)3/h2*4,9-11H,1,5-8H2,2-3H3;4,10-11H,1,5-9H2,2-3H3;2*4,8-10H,1,5-7H2,2-3H3. The molecule has 14 heteroatoms. The van der Waals surface area contributed by atoms with Crippen LogP contribution in [0, 0.1) is 11.8 Å². The molecule has 9 unspecified atom stereocenters. The third-order valence-corrected chi connectivity index (χ3v) is 17.1. The summed E-state index contributed by atoms with van der Waals surface area (Å²) in [5.74, 6) is 1.93. The summed E-state index contributed by atoms with van der Waals surface area (Å²) < 4.78 is 0. The Kier molecular flexibility index (Phi) is 22.0. The summed E-state index contributed by atoms with van der Waals surface area (Å²) in [7, 11) is 0. The minimum Gasteiger partial charge on any atom is -0.339 e. The second-order valence-electron chi connectivity index (χ2n) is 23.1. The molecule has 5 amide bonds. The molecule has 9 aliphatic heterocycles. The predicted molar refractivity (Wildman–Crippen MR) is 292 cm³/mol. The van der Waals surface area contributed by atoms with Crippen LogP contribution >= 0.6 is 0 Å². The highest BCUT2D eigenvalue weighted by Crippen LogP contribution is 2.37. The van der Waals surface area contributed by atoms with Crippen LogP contribution in [0.1, 0.15) is 127 Å². The van der Waals surface area contributed by atoms with Crippen LogP contribution in [0.5, 0.6) is 0 Å². The van der Waals surface area contributed by atoms with E-state index in [1.807, 2.05) is 24.5 Å². The number of piperidine rings is 3. The molecule has 9 heterocycles. The van der Waals surface area contributed by atoms with Crippen molar-refractivity contribution in [2.75, 3.05) is 65.4 Å². The van der Waals surface area contributed by atoms with Gasteiger partial charge in [-0.3, -0.25) is 43.6 Å². The average molecular weight is 1000 g/mol. The Morgan fingerprint density at radius 2 is 0.764 bits per heavy atom. The summed E-state index contributed by atoms with van der Waals surface area (Å²) in [6.07, 6.45) is 17.8. The maximum atomic E-state index is 11.6. The molecule has 0 saturated carbocycles. The monoisotopic (exact) mass is 1000 g/mol. The van der Waals surface area contributed by atoms with Gasteiger partial charge >= 0.3 is 0 Å². The van der Waals surface area contributed by atoms with E-state index in [9.17, 15) is 24.0 Å². The van der Waals surface area contributed by atoms with Crippen LogP contribution in [0.3, 0.4) is 0 Å². The molecule has 9 atom stereocenters. The van der Waals surface area contributed by atoms with Crippen molar-refractivity contribution in [1.29, 1.82) is 0 Å². The lowest BCUT2D eigenvalue weighted by molar-refractivity contribution is -0.145. The molecule has 9 rings (SSSR count). The summed E-state index contributed by atoms with van der Waals surface area (Å²) in [6, 6.07) is 6.65. The number of rotatable bonds is 11. The van der Waals surface area contributed by atoms with Gasteiger partial charge in [-0.2, -0.15) is 0 Å². The fraction of sp³-hybridized carbons (Fsp3) is 0.741. The smallest absolute Gasteiger partial charge is 0.246 e. The molecule has 0 aliphatic carbocycles. The Bertz CT molecular complexity index is 1880. The first-order valence-corrected chi connectivity index (χ1v) is 27.9. The molecule has 0 aromatic rings. The van der Waals surface area contributed by atoms with Crippen LogP contribution < -0.4 is 0 Å². The number of hydrogen-bond acceptors (Lipinski definition) is 9. The normalized spacial score (nSPS) is 29.5. The highest BCUT2D eigenvalue weighted by Gasteiger charge is 2.51. The molecule has 0 bridgehead atoms. The lowest BCUT2D eigenvalue weighted by Crippen LogP contribution is -2.71. The lowest BCUT2D eigenvalue weighted by Gasteiger charge is -2.57. The van der Waals surface area contributed by atoms with E-state index in [2.05, 4.69) is 122 Å². The molecule has 0 radical (unpaired) electrons. The molecule has 72 heavy (non-hydrogen) atoms. The molecular weight excluding hydrogens is 903 g/mol. The van der Waals surface area contributed by atoms with Gasteiger partial charge in [0, 0.05) is 113 Å². The zero-order valence-electron chi connectivity index (χ0n) is 46.5. The van der Waals surface area contributed by atoms with E-state index in [-0.39, 0.29) is 29.5 Å². The van der Waals surface area contributed by atoms with Crippen molar-refractivity contribution in [2.45, 2.75) is 200 Å². The van der Waals surface area contributed by atoms with Crippen molar-refractivity contribution in [3.8, 4) is 0 Å². The number of fused-ring (bicyclic) bond motifs is 4. The van der Waals surface area contributed by atoms with Crippen molar-refractivity contribution >= 4 is 29.5 Å². The first kappa shape index (κ1) is 58.8. The topological polar surface area (TPSA) is 115 Å². The number of likely N-dealkylation sites (tertiary alicyclic amines) is 9. The van der Waals surface area contributed by atoms with Crippen LogP contribution in [-0.2, 0) is 24.0 Å². The number of carbonyl (C=O) groups excluding carboxylic acids is 5. The van der Waals surface area contributed by atoms with Crippen molar-refractivity contribution in [3.63, 3.8) is 0 Å². The highest BCUT2D eigenvalue weighted by atomic mass is 16.2. The van der Waals surface area contributed by atoms with Crippen LogP contribution in [0.4, 0.5) is 0 Å². The van der Waals surface area contributed by atoms with Gasteiger partial charge in [-0.25, -0.2) is 0 Å². The van der Waals surface area contributed by atoms with Gasteiger partial charge in [-0.05, 0) is 162 Å². The molecule has 404 valence electrons. The van der Waals surface area contributed by atoms with Crippen LogP contribution in [-0.4, -0.2) is 212 Å². The fourth-order valence-corrected chi connectivity index (χ4v) is 13.3. The molecular formula is C58H97N9O5. The Morgan fingerprint density at radius 1 is 0.375 bits per heavy atom. The highest BCUT2D eigenvalue weighted by molar-refractivity contribution is 5.89. The van der Waals surface area contributed by atoms with Gasteiger partial charge in [0.2, 0.25) is 29.5 Å². The average Bonchev–Trinajstić information content (AvgIpc) is 3.83. The maximum absolute atomic E-state index is 11.6. The zero-order chi connectivity index (χ0) is 53.1. The molecule has 9 aliphatic rings. The predicted octanol–water partition coefficient (Wildman–Crippen LogP) is 6.70. The van der Waals surface area contributed by atoms with Gasteiger partial charge in [-0.15, -0.1) is 0 Å². The fourth-order valence-electron chi connectivity index (χ4n) is 13.3. The molecule has 0 N–H and O–H groups in total. The van der Waals surface area contributed by atoms with Crippen LogP contribution in [0.25, 0.3) is 0 Å². The second-order valence-corrected chi connectivity index (χ2v) is 23.1. The van der Waals surface area contributed by atoms with Crippen molar-refractivity contribution in [2.24, 2.45) is 11.8 Å². The Balaban J connectivity index is 0.000000167. The summed E-state index contributed by atoms with van der Waals surface area (Å²) in [6.45, 7) is 49.9. The summed E-state index contributed by atoms with van der Waals surface area (Å²) >= 11 is 0. The molecule has 0 aromatic carbocycles. The van der Waals surface area contributed by atoms with Crippen LogP contribution in [0.2, 0.25) is 0 Å². The van der Waals surface area contributed by atoms with Crippen LogP contribution in [0.15, 0.2) is 63.3 Å². The summed E-state index contributed by atoms with van der Waals surface area (Å²) in [5, 5.41) is 0. The first-order chi connectivity index (χ1) is 34.2. The Hall–Kier alpha value is -4.11. The van der Waals surface area contributed by atoms with Crippen molar-refractivity contribution in [3.05, 3.63) is 63.3 Å². The maximum Gasteiger partial charge on any atom is 0.246 e. The number of carbonyl (C=O) groups is 5. The Morgan fingerprint density at radius 3 is 1.24 bits per heavy atom. The molecule has 9 fully saturated rings. The van der Waals surface area contributed by atoms with Gasteiger partial charge in [0.25, 0.3) is 0 Å². The third-order valence-electron chi connectivity index (χ3n) is 17.1.